The molecule has 2 N–H and O–H groups in total. The highest BCUT2D eigenvalue weighted by Gasteiger charge is 2.40. The van der Waals surface area contributed by atoms with Crippen molar-refractivity contribution < 1.29 is 9.90 Å². The zero-order valence-corrected chi connectivity index (χ0v) is 13.7. The summed E-state index contributed by atoms with van der Waals surface area (Å²) in [7, 11) is 0. The molecule has 1 atom stereocenters. The molecule has 1 aromatic heterocycles. The van der Waals surface area contributed by atoms with E-state index in [-0.39, 0.29) is 0 Å². The molecule has 116 valence electrons. The van der Waals surface area contributed by atoms with Gasteiger partial charge in [-0.2, -0.15) is 0 Å². The van der Waals surface area contributed by atoms with Crippen LogP contribution < -0.4 is 5.32 Å². The molecule has 0 aliphatic heterocycles. The number of carboxylic acid groups (broad SMARTS) is 1. The normalized spacial score (nSPS) is 17.4. The molecule has 1 unspecified atom stereocenters. The fraction of sp³-hybridized carbons (Fsp3) is 0.600. The molecule has 0 aromatic carbocycles. The lowest BCUT2D eigenvalue weighted by molar-refractivity contribution is -0.145. The standard InChI is InChI=1S/C15H21ClN2O2S/c1-2-15(14(19)20,18-11-6-7-11)8-4-10-21-13-12(16)5-3-9-17-13/h3,5,9,11,18H,2,4,6-8,10H2,1H3,(H,19,20). The third-order valence-electron chi connectivity index (χ3n) is 3.78. The molecule has 0 saturated heterocycles. The highest BCUT2D eigenvalue weighted by molar-refractivity contribution is 7.99. The molecular weight excluding hydrogens is 308 g/mol. The van der Waals surface area contributed by atoms with Crippen LogP contribution in [0.2, 0.25) is 5.02 Å². The van der Waals surface area contributed by atoms with E-state index in [1.807, 2.05) is 13.0 Å². The van der Waals surface area contributed by atoms with Crippen molar-refractivity contribution in [1.82, 2.24) is 10.3 Å². The number of aliphatic carboxylic acids is 1. The minimum absolute atomic E-state index is 0.388. The van der Waals surface area contributed by atoms with E-state index in [2.05, 4.69) is 10.3 Å². The Kier molecular flexibility index (Phi) is 5.90. The van der Waals surface area contributed by atoms with Crippen LogP contribution in [0, 0.1) is 0 Å². The molecule has 1 saturated carbocycles. The number of hydrogen-bond acceptors (Lipinski definition) is 4. The zero-order chi connectivity index (χ0) is 15.3. The molecule has 0 radical (unpaired) electrons. The van der Waals surface area contributed by atoms with Gasteiger partial charge in [-0.05, 0) is 50.0 Å². The molecule has 1 heterocycles. The van der Waals surface area contributed by atoms with Crippen LogP contribution in [-0.4, -0.2) is 33.4 Å². The quantitative estimate of drug-likeness (QED) is 0.536. The van der Waals surface area contributed by atoms with Crippen molar-refractivity contribution in [3.05, 3.63) is 23.4 Å². The second-order valence-electron chi connectivity index (χ2n) is 5.40. The van der Waals surface area contributed by atoms with Crippen molar-refractivity contribution in [2.24, 2.45) is 0 Å². The van der Waals surface area contributed by atoms with Gasteiger partial charge in [0.05, 0.1) is 5.02 Å². The number of nitrogens with zero attached hydrogens (tertiary/aromatic N) is 1. The molecule has 1 aromatic rings. The van der Waals surface area contributed by atoms with Crippen LogP contribution in [0.25, 0.3) is 0 Å². The first-order chi connectivity index (χ1) is 10.1. The molecule has 2 rings (SSSR count). The average molecular weight is 329 g/mol. The van der Waals surface area contributed by atoms with Gasteiger partial charge in [0.2, 0.25) is 0 Å². The van der Waals surface area contributed by atoms with Crippen LogP contribution in [0.1, 0.15) is 39.0 Å². The van der Waals surface area contributed by atoms with Crippen LogP contribution in [0.3, 0.4) is 0 Å². The minimum atomic E-state index is -0.782. The number of thioether (sulfide) groups is 1. The van der Waals surface area contributed by atoms with Gasteiger partial charge in [-0.3, -0.25) is 10.1 Å². The smallest absolute Gasteiger partial charge is 0.323 e. The van der Waals surface area contributed by atoms with Gasteiger partial charge in [0.1, 0.15) is 10.6 Å². The predicted octanol–water partition coefficient (Wildman–Crippen LogP) is 3.59. The topological polar surface area (TPSA) is 62.2 Å². The maximum atomic E-state index is 11.6. The maximum Gasteiger partial charge on any atom is 0.323 e. The van der Waals surface area contributed by atoms with Gasteiger partial charge in [-0.25, -0.2) is 4.98 Å². The van der Waals surface area contributed by atoms with E-state index in [0.29, 0.717) is 23.9 Å². The first-order valence-electron chi connectivity index (χ1n) is 7.32. The Morgan fingerprint density at radius 3 is 2.95 bits per heavy atom. The third-order valence-corrected chi connectivity index (χ3v) is 5.29. The fourth-order valence-electron chi connectivity index (χ4n) is 2.31. The van der Waals surface area contributed by atoms with E-state index in [4.69, 9.17) is 11.6 Å². The Balaban J connectivity index is 1.84. The Bertz CT molecular complexity index is 496. The van der Waals surface area contributed by atoms with Gasteiger partial charge in [0, 0.05) is 12.2 Å². The summed E-state index contributed by atoms with van der Waals surface area (Å²) in [6.07, 6.45) is 5.95. The van der Waals surface area contributed by atoms with Crippen molar-refractivity contribution in [3.8, 4) is 0 Å². The van der Waals surface area contributed by atoms with Crippen LogP contribution in [-0.2, 0) is 4.79 Å². The van der Waals surface area contributed by atoms with Gasteiger partial charge >= 0.3 is 5.97 Å². The van der Waals surface area contributed by atoms with Gasteiger partial charge in [-0.15, -0.1) is 11.8 Å². The Hall–Kier alpha value is -0.780. The molecule has 4 nitrogen and oxygen atoms in total. The summed E-state index contributed by atoms with van der Waals surface area (Å²) < 4.78 is 0. The Morgan fingerprint density at radius 1 is 1.62 bits per heavy atom. The van der Waals surface area contributed by atoms with E-state index in [0.717, 1.165) is 30.0 Å². The highest BCUT2D eigenvalue weighted by Crippen LogP contribution is 2.29. The average Bonchev–Trinajstić information content (AvgIpc) is 3.27. The Labute approximate surface area is 134 Å². The molecule has 21 heavy (non-hydrogen) atoms. The molecule has 0 spiro atoms. The SMILES string of the molecule is CCC(CCCSc1ncccc1Cl)(NC1CC1)C(=O)O. The summed E-state index contributed by atoms with van der Waals surface area (Å²) in [6, 6.07) is 4.01. The molecule has 1 fully saturated rings. The number of nitrogens with one attached hydrogen (secondary N) is 1. The first kappa shape index (κ1) is 16.6. The zero-order valence-electron chi connectivity index (χ0n) is 12.1. The van der Waals surface area contributed by atoms with Gasteiger partial charge < -0.3 is 5.11 Å². The van der Waals surface area contributed by atoms with Crippen molar-refractivity contribution in [2.75, 3.05) is 5.75 Å². The van der Waals surface area contributed by atoms with Gasteiger partial charge in [0.25, 0.3) is 0 Å². The van der Waals surface area contributed by atoms with Crippen molar-refractivity contribution in [1.29, 1.82) is 0 Å². The molecule has 0 amide bonds. The summed E-state index contributed by atoms with van der Waals surface area (Å²) in [5.41, 5.74) is -0.782. The second-order valence-corrected chi connectivity index (χ2v) is 6.89. The van der Waals surface area contributed by atoms with Crippen LogP contribution in [0.15, 0.2) is 23.4 Å². The second kappa shape index (κ2) is 7.47. The number of halogens is 1. The van der Waals surface area contributed by atoms with Gasteiger partial charge in [-0.1, -0.05) is 18.5 Å². The fourth-order valence-corrected chi connectivity index (χ4v) is 3.42. The van der Waals surface area contributed by atoms with E-state index in [1.54, 1.807) is 24.0 Å². The first-order valence-corrected chi connectivity index (χ1v) is 8.68. The molecule has 1 aliphatic rings. The number of rotatable bonds is 9. The number of pyridine rings is 1. The van der Waals surface area contributed by atoms with E-state index >= 15 is 0 Å². The maximum absolute atomic E-state index is 11.6. The monoisotopic (exact) mass is 328 g/mol. The van der Waals surface area contributed by atoms with E-state index in [9.17, 15) is 9.90 Å². The molecular formula is C15H21ClN2O2S. The summed E-state index contributed by atoms with van der Waals surface area (Å²) in [5.74, 6) is 0.0794. The van der Waals surface area contributed by atoms with Crippen LogP contribution in [0.5, 0.6) is 0 Å². The minimum Gasteiger partial charge on any atom is -0.480 e. The lowest BCUT2D eigenvalue weighted by atomic mass is 9.90. The van der Waals surface area contributed by atoms with E-state index < -0.39 is 11.5 Å². The summed E-state index contributed by atoms with van der Waals surface area (Å²) in [6.45, 7) is 1.94. The van der Waals surface area contributed by atoms with Crippen molar-refractivity contribution in [3.63, 3.8) is 0 Å². The highest BCUT2D eigenvalue weighted by atomic mass is 35.5. The predicted molar refractivity (Wildman–Crippen MR) is 86.0 cm³/mol. The van der Waals surface area contributed by atoms with Crippen molar-refractivity contribution in [2.45, 2.75) is 55.6 Å². The molecule has 0 bridgehead atoms. The summed E-state index contributed by atoms with van der Waals surface area (Å²) in [4.78, 5) is 15.9. The lowest BCUT2D eigenvalue weighted by Crippen LogP contribution is -2.52. The molecule has 1 aliphatic carbocycles. The summed E-state index contributed by atoms with van der Waals surface area (Å²) >= 11 is 7.64. The molecule has 6 heteroatoms. The van der Waals surface area contributed by atoms with Crippen LogP contribution in [0.4, 0.5) is 0 Å². The van der Waals surface area contributed by atoms with Gasteiger partial charge in [0.15, 0.2) is 0 Å². The number of aromatic nitrogens is 1. The lowest BCUT2D eigenvalue weighted by Gasteiger charge is -2.29. The number of hydrogen-bond donors (Lipinski definition) is 2. The number of carboxylic acids is 1. The summed E-state index contributed by atoms with van der Waals surface area (Å²) in [5, 5.41) is 14.3. The third kappa shape index (κ3) is 4.59. The van der Waals surface area contributed by atoms with Crippen molar-refractivity contribution >= 4 is 29.3 Å². The van der Waals surface area contributed by atoms with E-state index in [1.165, 1.54) is 0 Å². The Morgan fingerprint density at radius 2 is 2.38 bits per heavy atom. The number of carbonyl (C=O) groups is 1. The van der Waals surface area contributed by atoms with Crippen LogP contribution >= 0.6 is 23.4 Å². The largest absolute Gasteiger partial charge is 0.480 e.